The fourth-order valence-electron chi connectivity index (χ4n) is 2.87. The summed E-state index contributed by atoms with van der Waals surface area (Å²) in [6.07, 6.45) is -3.72. The number of benzene rings is 2. The van der Waals surface area contributed by atoms with Crippen LogP contribution in [0.2, 0.25) is 0 Å². The molecule has 0 radical (unpaired) electrons. The predicted octanol–water partition coefficient (Wildman–Crippen LogP) is 5.39. The van der Waals surface area contributed by atoms with Crippen molar-refractivity contribution >= 4 is 13.3 Å². The van der Waals surface area contributed by atoms with Crippen molar-refractivity contribution in [3.8, 4) is 17.2 Å². The second-order valence-corrected chi connectivity index (χ2v) is 8.14. The average molecular weight is 429 g/mol. The van der Waals surface area contributed by atoms with Crippen LogP contribution in [-0.4, -0.2) is 26.6 Å². The highest BCUT2D eigenvalue weighted by atomic mass is 31.2. The summed E-state index contributed by atoms with van der Waals surface area (Å²) in [6.45, 7) is 3.75. The molecule has 0 spiro atoms. The highest BCUT2D eigenvalue weighted by molar-refractivity contribution is 7.54. The third-order valence-electron chi connectivity index (χ3n) is 4.07. The summed E-state index contributed by atoms with van der Waals surface area (Å²) in [6, 6.07) is 11.1. The molecular formula is C19H22F2NO6P. The molecule has 10 heteroatoms. The zero-order chi connectivity index (χ0) is 21.1. The topological polar surface area (TPSA) is 75.3 Å². The molecule has 2 aromatic rings. The Balaban J connectivity index is 1.96. The maximum Gasteiger partial charge on any atom is 0.586 e. The van der Waals surface area contributed by atoms with E-state index in [1.165, 1.54) is 18.2 Å². The van der Waals surface area contributed by atoms with E-state index in [2.05, 4.69) is 14.8 Å². The van der Waals surface area contributed by atoms with Crippen LogP contribution in [0, 0.1) is 0 Å². The van der Waals surface area contributed by atoms with Crippen LogP contribution in [0.4, 0.5) is 14.5 Å². The number of methoxy groups -OCH3 is 1. The van der Waals surface area contributed by atoms with Gasteiger partial charge < -0.3 is 28.6 Å². The second kappa shape index (κ2) is 8.57. The van der Waals surface area contributed by atoms with Gasteiger partial charge in [0.05, 0.1) is 20.3 Å². The summed E-state index contributed by atoms with van der Waals surface area (Å²) in [5, 5.41) is 3.07. The third kappa shape index (κ3) is 4.80. The largest absolute Gasteiger partial charge is 0.586 e. The van der Waals surface area contributed by atoms with Crippen molar-refractivity contribution in [2.24, 2.45) is 0 Å². The minimum absolute atomic E-state index is 0.0839. The van der Waals surface area contributed by atoms with E-state index >= 15 is 0 Å². The molecular weight excluding hydrogens is 407 g/mol. The smallest absolute Gasteiger partial charge is 0.497 e. The van der Waals surface area contributed by atoms with Crippen molar-refractivity contribution in [2.45, 2.75) is 25.9 Å². The Morgan fingerprint density at radius 3 is 2.24 bits per heavy atom. The number of hydrogen-bond acceptors (Lipinski definition) is 7. The molecule has 1 aliphatic heterocycles. The van der Waals surface area contributed by atoms with Crippen molar-refractivity contribution in [3.63, 3.8) is 0 Å². The minimum Gasteiger partial charge on any atom is -0.497 e. The van der Waals surface area contributed by atoms with E-state index in [9.17, 15) is 13.3 Å². The molecule has 0 saturated carbocycles. The van der Waals surface area contributed by atoms with Crippen LogP contribution in [0.1, 0.15) is 25.2 Å². The van der Waals surface area contributed by atoms with Gasteiger partial charge in [-0.25, -0.2) is 0 Å². The van der Waals surface area contributed by atoms with Gasteiger partial charge in [-0.15, -0.1) is 8.78 Å². The summed E-state index contributed by atoms with van der Waals surface area (Å²) in [4.78, 5) is 0. The summed E-state index contributed by atoms with van der Waals surface area (Å²) in [5.41, 5.74) is 0.990. The highest BCUT2D eigenvalue weighted by Crippen LogP contribution is 2.61. The first-order chi connectivity index (χ1) is 13.8. The number of ether oxygens (including phenoxy) is 3. The fourth-order valence-corrected chi connectivity index (χ4v) is 4.81. The Labute approximate surface area is 167 Å². The summed E-state index contributed by atoms with van der Waals surface area (Å²) < 4.78 is 65.2. The maximum atomic E-state index is 13.5. The summed E-state index contributed by atoms with van der Waals surface area (Å²) in [7, 11) is -2.12. The van der Waals surface area contributed by atoms with Crippen LogP contribution in [0.15, 0.2) is 42.5 Å². The molecule has 1 atom stereocenters. The quantitative estimate of drug-likeness (QED) is 0.536. The van der Waals surface area contributed by atoms with E-state index in [-0.39, 0.29) is 24.7 Å². The van der Waals surface area contributed by atoms with Gasteiger partial charge in [-0.3, -0.25) is 4.57 Å². The first kappa shape index (κ1) is 21.4. The molecule has 2 aromatic carbocycles. The SMILES string of the molecule is CCOP(=O)(OCC)C(Nc1ccc2c(c1)OC(F)(F)O2)c1ccc(OC)cc1. The predicted molar refractivity (Wildman–Crippen MR) is 103 cm³/mol. The Bertz CT molecular complexity index is 883. The fraction of sp³-hybridized carbons (Fsp3) is 0.368. The molecule has 0 bridgehead atoms. The molecule has 0 saturated heterocycles. The highest BCUT2D eigenvalue weighted by Gasteiger charge is 2.44. The molecule has 1 heterocycles. The molecule has 3 rings (SSSR count). The zero-order valence-electron chi connectivity index (χ0n) is 16.2. The number of alkyl halides is 2. The maximum absolute atomic E-state index is 13.5. The molecule has 0 aliphatic carbocycles. The molecule has 0 aromatic heterocycles. The Morgan fingerprint density at radius 2 is 1.66 bits per heavy atom. The van der Waals surface area contributed by atoms with Crippen LogP contribution in [-0.2, 0) is 13.6 Å². The number of nitrogens with one attached hydrogen (secondary N) is 1. The average Bonchev–Trinajstić information content (AvgIpc) is 2.99. The van der Waals surface area contributed by atoms with Gasteiger partial charge in [0.15, 0.2) is 17.3 Å². The lowest BCUT2D eigenvalue weighted by Crippen LogP contribution is -2.25. The van der Waals surface area contributed by atoms with Gasteiger partial charge in [-0.2, -0.15) is 0 Å². The van der Waals surface area contributed by atoms with E-state index in [1.807, 2.05) is 0 Å². The van der Waals surface area contributed by atoms with Crippen molar-refractivity contribution in [2.75, 3.05) is 25.6 Å². The van der Waals surface area contributed by atoms with Gasteiger partial charge in [0.25, 0.3) is 0 Å². The number of fused-ring (bicyclic) bond motifs is 1. The van der Waals surface area contributed by atoms with Crippen molar-refractivity contribution in [1.29, 1.82) is 0 Å². The Kier molecular flexibility index (Phi) is 6.31. The molecule has 0 fully saturated rings. The lowest BCUT2D eigenvalue weighted by molar-refractivity contribution is -0.286. The number of hydrogen-bond donors (Lipinski definition) is 1. The number of rotatable bonds is 9. The molecule has 1 aliphatic rings. The third-order valence-corrected chi connectivity index (χ3v) is 6.37. The lowest BCUT2D eigenvalue weighted by Gasteiger charge is -2.28. The summed E-state index contributed by atoms with van der Waals surface area (Å²) >= 11 is 0. The number of halogens is 2. The minimum atomic E-state index is -3.72. The van der Waals surface area contributed by atoms with Gasteiger partial charge >= 0.3 is 13.9 Å². The molecule has 1 N–H and O–H groups in total. The van der Waals surface area contributed by atoms with E-state index < -0.39 is 19.7 Å². The molecule has 1 unspecified atom stereocenters. The first-order valence-electron chi connectivity index (χ1n) is 8.99. The molecule has 7 nitrogen and oxygen atoms in total. The van der Waals surface area contributed by atoms with Gasteiger partial charge in [0, 0.05) is 11.8 Å². The second-order valence-electron chi connectivity index (χ2n) is 6.02. The standard InChI is InChI=1S/C19H22F2NO6P/c1-4-25-29(23,26-5-2)18(13-6-9-15(24-3)10-7-13)22-14-8-11-16-17(12-14)28-19(20,21)27-16/h6-12,18,22H,4-5H2,1-3H3. The van der Waals surface area contributed by atoms with Crippen LogP contribution in [0.25, 0.3) is 0 Å². The Morgan fingerprint density at radius 1 is 1.03 bits per heavy atom. The van der Waals surface area contributed by atoms with E-state index in [0.29, 0.717) is 17.0 Å². The zero-order valence-corrected chi connectivity index (χ0v) is 17.1. The van der Waals surface area contributed by atoms with Gasteiger partial charge in [0.1, 0.15) is 5.75 Å². The molecule has 29 heavy (non-hydrogen) atoms. The molecule has 158 valence electrons. The van der Waals surface area contributed by atoms with E-state index in [1.54, 1.807) is 45.2 Å². The van der Waals surface area contributed by atoms with Gasteiger partial charge in [-0.1, -0.05) is 12.1 Å². The normalized spacial score (nSPS) is 15.8. The summed E-state index contributed by atoms with van der Waals surface area (Å²) in [5.74, 6) is -0.481. The first-order valence-corrected chi connectivity index (χ1v) is 10.6. The van der Waals surface area contributed by atoms with E-state index in [4.69, 9.17) is 13.8 Å². The molecule has 0 amide bonds. The van der Waals surface area contributed by atoms with Crippen LogP contribution >= 0.6 is 7.60 Å². The van der Waals surface area contributed by atoms with E-state index in [0.717, 1.165) is 0 Å². The van der Waals surface area contributed by atoms with Gasteiger partial charge in [-0.05, 0) is 43.7 Å². The van der Waals surface area contributed by atoms with Crippen molar-refractivity contribution < 1.29 is 36.6 Å². The van der Waals surface area contributed by atoms with Crippen LogP contribution in [0.3, 0.4) is 0 Å². The van der Waals surface area contributed by atoms with Crippen LogP contribution in [0.5, 0.6) is 17.2 Å². The van der Waals surface area contributed by atoms with Crippen molar-refractivity contribution in [3.05, 3.63) is 48.0 Å². The van der Waals surface area contributed by atoms with Crippen LogP contribution < -0.4 is 19.5 Å². The Hall–Kier alpha value is -2.35. The lowest BCUT2D eigenvalue weighted by atomic mass is 10.2. The van der Waals surface area contributed by atoms with Crippen molar-refractivity contribution in [1.82, 2.24) is 0 Å². The number of anilines is 1. The monoisotopic (exact) mass is 429 g/mol. The van der Waals surface area contributed by atoms with Gasteiger partial charge in [0.2, 0.25) is 0 Å².